The van der Waals surface area contributed by atoms with Crippen LogP contribution in [0.3, 0.4) is 0 Å². The molecule has 2 aromatic rings. The highest BCUT2D eigenvalue weighted by Gasteiger charge is 2.28. The molecule has 1 aromatic heterocycles. The van der Waals surface area contributed by atoms with Gasteiger partial charge in [0.05, 0.1) is 16.4 Å². The van der Waals surface area contributed by atoms with E-state index < -0.39 is 0 Å². The number of hydrogen-bond donors (Lipinski definition) is 2. The Morgan fingerprint density at radius 2 is 2.04 bits per heavy atom. The maximum Gasteiger partial charge on any atom is 0.291 e. The summed E-state index contributed by atoms with van der Waals surface area (Å²) >= 11 is 6.12. The van der Waals surface area contributed by atoms with Gasteiger partial charge in [-0.2, -0.15) is 0 Å². The van der Waals surface area contributed by atoms with Gasteiger partial charge in [0.15, 0.2) is 5.82 Å². The average Bonchev–Trinajstić information content (AvgIpc) is 3.03. The van der Waals surface area contributed by atoms with Crippen LogP contribution in [0.4, 0.5) is 5.69 Å². The van der Waals surface area contributed by atoms with Crippen molar-refractivity contribution in [1.29, 1.82) is 0 Å². The Hall–Kier alpha value is -2.34. The fourth-order valence-electron chi connectivity index (χ4n) is 3.03. The van der Waals surface area contributed by atoms with Crippen LogP contribution in [0, 0.1) is 0 Å². The molecule has 1 atom stereocenters. The number of amides is 2. The first kappa shape index (κ1) is 18.5. The SMILES string of the molecule is CCC(C)NC(=O)c1nc(C(=O)Nc2ccccc2Cl)n2c1CCCC2. The van der Waals surface area contributed by atoms with Crippen LogP contribution in [0.15, 0.2) is 24.3 Å². The zero-order valence-electron chi connectivity index (χ0n) is 15.0. The highest BCUT2D eigenvalue weighted by atomic mass is 35.5. The maximum absolute atomic E-state index is 12.8. The Bertz CT molecular complexity index is 831. The van der Waals surface area contributed by atoms with Gasteiger partial charge in [0.2, 0.25) is 0 Å². The number of halogens is 1. The fraction of sp³-hybridized carbons (Fsp3) is 0.421. The van der Waals surface area contributed by atoms with Crippen LogP contribution in [-0.4, -0.2) is 27.4 Å². The summed E-state index contributed by atoms with van der Waals surface area (Å²) in [4.78, 5) is 29.8. The lowest BCUT2D eigenvalue weighted by Gasteiger charge is -2.17. The average molecular weight is 375 g/mol. The molecule has 7 heteroatoms. The van der Waals surface area contributed by atoms with Gasteiger partial charge in [0.1, 0.15) is 5.69 Å². The van der Waals surface area contributed by atoms with E-state index >= 15 is 0 Å². The lowest BCUT2D eigenvalue weighted by Crippen LogP contribution is -2.33. The van der Waals surface area contributed by atoms with Crippen LogP contribution in [0.1, 0.15) is 59.9 Å². The van der Waals surface area contributed by atoms with E-state index in [4.69, 9.17) is 11.6 Å². The molecule has 2 amide bonds. The molecule has 0 saturated heterocycles. The standard InChI is InChI=1S/C19H23ClN4O2/c1-3-12(2)21-18(25)16-15-10-6-7-11-24(15)17(23-16)19(26)22-14-9-5-4-8-13(14)20/h4-5,8-9,12H,3,6-7,10-11H2,1-2H3,(H,21,25)(H,22,26). The second-order valence-corrected chi connectivity index (χ2v) is 6.96. The largest absolute Gasteiger partial charge is 0.348 e. The summed E-state index contributed by atoms with van der Waals surface area (Å²) < 4.78 is 1.86. The minimum Gasteiger partial charge on any atom is -0.348 e. The van der Waals surface area contributed by atoms with E-state index in [1.54, 1.807) is 24.3 Å². The first-order chi connectivity index (χ1) is 12.5. The lowest BCUT2D eigenvalue weighted by molar-refractivity contribution is 0.0933. The molecule has 2 heterocycles. The Morgan fingerprint density at radius 3 is 2.77 bits per heavy atom. The number of anilines is 1. The van der Waals surface area contributed by atoms with Gasteiger partial charge < -0.3 is 15.2 Å². The predicted octanol–water partition coefficient (Wildman–Crippen LogP) is 3.65. The van der Waals surface area contributed by atoms with Gasteiger partial charge in [-0.3, -0.25) is 9.59 Å². The first-order valence-corrected chi connectivity index (χ1v) is 9.35. The van der Waals surface area contributed by atoms with Crippen LogP contribution in [-0.2, 0) is 13.0 Å². The van der Waals surface area contributed by atoms with Gasteiger partial charge in [0, 0.05) is 12.6 Å². The number of carbonyl (C=O) groups excluding carboxylic acids is 2. The molecule has 26 heavy (non-hydrogen) atoms. The number of hydrogen-bond acceptors (Lipinski definition) is 3. The number of benzene rings is 1. The molecule has 2 N–H and O–H groups in total. The summed E-state index contributed by atoms with van der Waals surface area (Å²) in [6.45, 7) is 4.64. The second kappa shape index (κ2) is 7.91. The van der Waals surface area contributed by atoms with Gasteiger partial charge in [-0.05, 0) is 44.7 Å². The summed E-state index contributed by atoms with van der Waals surface area (Å²) in [5.74, 6) is -0.320. The third kappa shape index (κ3) is 3.75. The van der Waals surface area contributed by atoms with Crippen molar-refractivity contribution in [3.05, 3.63) is 46.5 Å². The molecule has 0 radical (unpaired) electrons. The summed E-state index contributed by atoms with van der Waals surface area (Å²) in [5, 5.41) is 6.19. The monoisotopic (exact) mass is 374 g/mol. The fourth-order valence-corrected chi connectivity index (χ4v) is 3.22. The summed E-state index contributed by atoms with van der Waals surface area (Å²) in [5.41, 5.74) is 1.72. The second-order valence-electron chi connectivity index (χ2n) is 6.56. The van der Waals surface area contributed by atoms with Crippen LogP contribution >= 0.6 is 11.6 Å². The van der Waals surface area contributed by atoms with Crippen molar-refractivity contribution in [1.82, 2.24) is 14.9 Å². The highest BCUT2D eigenvalue weighted by Crippen LogP contribution is 2.24. The van der Waals surface area contributed by atoms with Crippen molar-refractivity contribution in [3.63, 3.8) is 0 Å². The normalized spacial score (nSPS) is 14.4. The number of imidazole rings is 1. The van der Waals surface area contributed by atoms with E-state index in [1.165, 1.54) is 0 Å². The van der Waals surface area contributed by atoms with E-state index in [2.05, 4.69) is 15.6 Å². The number of fused-ring (bicyclic) bond motifs is 1. The molecule has 0 fully saturated rings. The smallest absolute Gasteiger partial charge is 0.291 e. The Labute approximate surface area is 157 Å². The van der Waals surface area contributed by atoms with E-state index in [0.29, 0.717) is 22.9 Å². The zero-order chi connectivity index (χ0) is 18.7. The van der Waals surface area contributed by atoms with Crippen molar-refractivity contribution in [3.8, 4) is 0 Å². The summed E-state index contributed by atoms with van der Waals surface area (Å²) in [6, 6.07) is 7.10. The van der Waals surface area contributed by atoms with Crippen molar-refractivity contribution in [2.75, 3.05) is 5.32 Å². The van der Waals surface area contributed by atoms with Gasteiger partial charge >= 0.3 is 0 Å². The zero-order valence-corrected chi connectivity index (χ0v) is 15.8. The number of aromatic nitrogens is 2. The number of nitrogens with one attached hydrogen (secondary N) is 2. The molecule has 1 aromatic carbocycles. The van der Waals surface area contributed by atoms with E-state index in [1.807, 2.05) is 18.4 Å². The van der Waals surface area contributed by atoms with Crippen molar-refractivity contribution in [2.45, 2.75) is 52.1 Å². The number of para-hydroxylation sites is 1. The molecule has 1 unspecified atom stereocenters. The molecule has 3 rings (SSSR count). The van der Waals surface area contributed by atoms with Crippen molar-refractivity contribution in [2.24, 2.45) is 0 Å². The molecule has 0 spiro atoms. The molecular formula is C19H23ClN4O2. The lowest BCUT2D eigenvalue weighted by atomic mass is 10.1. The van der Waals surface area contributed by atoms with Crippen LogP contribution < -0.4 is 10.6 Å². The Kier molecular flexibility index (Phi) is 5.61. The first-order valence-electron chi connectivity index (χ1n) is 8.97. The minimum atomic E-state index is -0.358. The molecular weight excluding hydrogens is 352 g/mol. The quantitative estimate of drug-likeness (QED) is 0.838. The molecule has 1 aliphatic heterocycles. The van der Waals surface area contributed by atoms with Crippen LogP contribution in [0.5, 0.6) is 0 Å². The molecule has 0 saturated carbocycles. The van der Waals surface area contributed by atoms with E-state index in [9.17, 15) is 9.59 Å². The van der Waals surface area contributed by atoms with E-state index in [0.717, 1.165) is 31.4 Å². The number of rotatable bonds is 5. The van der Waals surface area contributed by atoms with Gasteiger partial charge in [-0.1, -0.05) is 30.7 Å². The van der Waals surface area contributed by atoms with Crippen LogP contribution in [0.25, 0.3) is 0 Å². The molecule has 138 valence electrons. The molecule has 0 aliphatic carbocycles. The van der Waals surface area contributed by atoms with Gasteiger partial charge in [0.25, 0.3) is 11.8 Å². The number of carbonyl (C=O) groups is 2. The van der Waals surface area contributed by atoms with Crippen LogP contribution in [0.2, 0.25) is 5.02 Å². The predicted molar refractivity (Wildman–Crippen MR) is 102 cm³/mol. The van der Waals surface area contributed by atoms with Crippen molar-refractivity contribution < 1.29 is 9.59 Å². The van der Waals surface area contributed by atoms with E-state index in [-0.39, 0.29) is 23.7 Å². The Morgan fingerprint density at radius 1 is 1.27 bits per heavy atom. The topological polar surface area (TPSA) is 76.0 Å². The molecule has 6 nitrogen and oxygen atoms in total. The maximum atomic E-state index is 12.8. The minimum absolute atomic E-state index is 0.0591. The Balaban J connectivity index is 1.91. The molecule has 0 bridgehead atoms. The van der Waals surface area contributed by atoms with Gasteiger partial charge in [-0.25, -0.2) is 4.98 Å². The number of nitrogens with zero attached hydrogens (tertiary/aromatic N) is 2. The third-order valence-electron chi connectivity index (χ3n) is 4.65. The van der Waals surface area contributed by atoms with Crippen molar-refractivity contribution >= 4 is 29.1 Å². The third-order valence-corrected chi connectivity index (χ3v) is 4.98. The summed E-state index contributed by atoms with van der Waals surface area (Å²) in [7, 11) is 0. The highest BCUT2D eigenvalue weighted by molar-refractivity contribution is 6.33. The molecule has 1 aliphatic rings. The van der Waals surface area contributed by atoms with Gasteiger partial charge in [-0.15, -0.1) is 0 Å². The summed E-state index contributed by atoms with van der Waals surface area (Å²) in [6.07, 6.45) is 3.53.